The fourth-order valence-electron chi connectivity index (χ4n) is 2.81. The zero-order valence-electron chi connectivity index (χ0n) is 12.9. The van der Waals surface area contributed by atoms with Gasteiger partial charge < -0.3 is 9.80 Å². The molecule has 1 aliphatic rings. The Morgan fingerprint density at radius 3 is 2.33 bits per heavy atom. The number of para-hydroxylation sites is 1. The first kappa shape index (κ1) is 16.4. The van der Waals surface area contributed by atoms with E-state index in [2.05, 4.69) is 20.8 Å². The Morgan fingerprint density at radius 1 is 1.04 bits per heavy atom. The van der Waals surface area contributed by atoms with Gasteiger partial charge in [-0.15, -0.1) is 0 Å². The van der Waals surface area contributed by atoms with Gasteiger partial charge in [-0.05, 0) is 24.3 Å². The first-order chi connectivity index (χ1) is 11.6. The minimum Gasteiger partial charge on any atom is -0.368 e. The second-order valence-corrected chi connectivity index (χ2v) is 6.45. The van der Waals surface area contributed by atoms with Gasteiger partial charge in [0.25, 0.3) is 11.6 Å². The van der Waals surface area contributed by atoms with Crippen molar-refractivity contribution < 1.29 is 9.72 Å². The summed E-state index contributed by atoms with van der Waals surface area (Å²) in [4.78, 5) is 27.2. The number of nitro groups is 1. The predicted octanol–water partition coefficient (Wildman–Crippen LogP) is 3.32. The highest BCUT2D eigenvalue weighted by Gasteiger charge is 2.27. The molecule has 2 aromatic carbocycles. The molecular weight excluding hydrogens is 374 g/mol. The topological polar surface area (TPSA) is 66.7 Å². The van der Waals surface area contributed by atoms with Crippen molar-refractivity contribution in [2.24, 2.45) is 0 Å². The molecule has 0 unspecified atom stereocenters. The third-order valence-corrected chi connectivity index (χ3v) is 4.57. The largest absolute Gasteiger partial charge is 0.368 e. The lowest BCUT2D eigenvalue weighted by Gasteiger charge is -2.36. The van der Waals surface area contributed by atoms with Crippen molar-refractivity contribution in [2.45, 2.75) is 0 Å². The van der Waals surface area contributed by atoms with E-state index in [4.69, 9.17) is 0 Å². The third kappa shape index (κ3) is 3.41. The van der Waals surface area contributed by atoms with Crippen LogP contribution in [0.3, 0.4) is 0 Å². The molecule has 0 aliphatic carbocycles. The number of hydrogen-bond acceptors (Lipinski definition) is 4. The van der Waals surface area contributed by atoms with Crippen LogP contribution in [0.2, 0.25) is 0 Å². The molecule has 1 heterocycles. The van der Waals surface area contributed by atoms with Gasteiger partial charge >= 0.3 is 0 Å². The molecule has 0 aromatic heterocycles. The number of piperazine rings is 1. The number of nitrogens with zero attached hydrogens (tertiary/aromatic N) is 3. The van der Waals surface area contributed by atoms with Gasteiger partial charge in [-0.3, -0.25) is 14.9 Å². The summed E-state index contributed by atoms with van der Waals surface area (Å²) in [6, 6.07) is 14.5. The molecule has 0 atom stereocenters. The first-order valence-electron chi connectivity index (χ1n) is 7.59. The minimum atomic E-state index is -0.516. The van der Waals surface area contributed by atoms with Crippen molar-refractivity contribution >= 4 is 33.2 Å². The van der Waals surface area contributed by atoms with Crippen LogP contribution in [-0.4, -0.2) is 41.9 Å². The number of halogens is 1. The van der Waals surface area contributed by atoms with Crippen LogP contribution in [0.4, 0.5) is 11.4 Å². The van der Waals surface area contributed by atoms with Gasteiger partial charge in [-0.1, -0.05) is 34.1 Å². The Kier molecular flexibility index (Phi) is 4.80. The summed E-state index contributed by atoms with van der Waals surface area (Å²) in [6.07, 6.45) is 0. The van der Waals surface area contributed by atoms with Gasteiger partial charge in [0.1, 0.15) is 5.56 Å². The molecule has 1 fully saturated rings. The maximum absolute atomic E-state index is 12.7. The molecule has 0 radical (unpaired) electrons. The Morgan fingerprint density at radius 2 is 1.71 bits per heavy atom. The average molecular weight is 390 g/mol. The van der Waals surface area contributed by atoms with E-state index < -0.39 is 4.92 Å². The number of nitro benzene ring substituents is 1. The summed E-state index contributed by atoms with van der Waals surface area (Å²) in [6.45, 7) is 2.50. The van der Waals surface area contributed by atoms with Crippen LogP contribution in [-0.2, 0) is 0 Å². The van der Waals surface area contributed by atoms with Crippen molar-refractivity contribution in [1.29, 1.82) is 0 Å². The molecular formula is C17H16BrN3O3. The number of anilines is 1. The second kappa shape index (κ2) is 7.00. The van der Waals surface area contributed by atoms with Crippen LogP contribution < -0.4 is 4.90 Å². The molecule has 0 spiro atoms. The van der Waals surface area contributed by atoms with E-state index in [-0.39, 0.29) is 17.2 Å². The third-order valence-electron chi connectivity index (χ3n) is 4.08. The number of benzene rings is 2. The molecule has 1 aliphatic heterocycles. The Labute approximate surface area is 148 Å². The summed E-state index contributed by atoms with van der Waals surface area (Å²) >= 11 is 3.21. The summed E-state index contributed by atoms with van der Waals surface area (Å²) in [5.41, 5.74) is 1.09. The van der Waals surface area contributed by atoms with E-state index in [1.54, 1.807) is 11.0 Å². The highest BCUT2D eigenvalue weighted by atomic mass is 79.9. The van der Waals surface area contributed by atoms with E-state index in [0.717, 1.165) is 5.69 Å². The number of carbonyl (C=O) groups excluding carboxylic acids is 1. The van der Waals surface area contributed by atoms with Crippen LogP contribution >= 0.6 is 15.9 Å². The molecule has 3 rings (SSSR count). The van der Waals surface area contributed by atoms with Crippen molar-refractivity contribution in [3.63, 3.8) is 0 Å². The number of carbonyl (C=O) groups is 1. The highest BCUT2D eigenvalue weighted by molar-refractivity contribution is 9.10. The van der Waals surface area contributed by atoms with Gasteiger partial charge in [-0.2, -0.15) is 0 Å². The maximum Gasteiger partial charge on any atom is 0.283 e. The average Bonchev–Trinajstić information content (AvgIpc) is 2.62. The van der Waals surface area contributed by atoms with E-state index >= 15 is 0 Å². The molecule has 1 saturated heterocycles. The molecule has 24 heavy (non-hydrogen) atoms. The summed E-state index contributed by atoms with van der Waals surface area (Å²) in [5, 5.41) is 11.2. The monoisotopic (exact) mass is 389 g/mol. The van der Waals surface area contributed by atoms with Gasteiger partial charge in [0.05, 0.1) is 4.92 Å². The van der Waals surface area contributed by atoms with Gasteiger partial charge in [-0.25, -0.2) is 0 Å². The quantitative estimate of drug-likeness (QED) is 0.596. The Bertz CT molecular complexity index is 759. The normalized spacial score (nSPS) is 14.5. The number of amides is 1. The summed E-state index contributed by atoms with van der Waals surface area (Å²) in [7, 11) is 0. The zero-order valence-corrected chi connectivity index (χ0v) is 14.5. The van der Waals surface area contributed by atoms with Crippen molar-refractivity contribution in [3.8, 4) is 0 Å². The van der Waals surface area contributed by atoms with Crippen molar-refractivity contribution in [1.82, 2.24) is 4.90 Å². The van der Waals surface area contributed by atoms with Gasteiger partial charge in [0.2, 0.25) is 0 Å². The number of hydrogen-bond donors (Lipinski definition) is 0. The Balaban J connectivity index is 1.73. The van der Waals surface area contributed by atoms with Gasteiger partial charge in [0.15, 0.2) is 0 Å². The molecule has 2 aromatic rings. The van der Waals surface area contributed by atoms with E-state index in [9.17, 15) is 14.9 Å². The molecule has 124 valence electrons. The van der Waals surface area contributed by atoms with Crippen LogP contribution in [0.25, 0.3) is 0 Å². The summed E-state index contributed by atoms with van der Waals surface area (Å²) in [5.74, 6) is -0.290. The number of rotatable bonds is 3. The predicted molar refractivity (Wildman–Crippen MR) is 95.4 cm³/mol. The lowest BCUT2D eigenvalue weighted by molar-refractivity contribution is -0.385. The van der Waals surface area contributed by atoms with E-state index in [1.165, 1.54) is 12.1 Å². The van der Waals surface area contributed by atoms with E-state index in [0.29, 0.717) is 30.7 Å². The summed E-state index contributed by atoms with van der Waals surface area (Å²) < 4.78 is 0.583. The first-order valence-corrected chi connectivity index (χ1v) is 8.39. The standard InChI is InChI=1S/C17H16BrN3O3/c18-13-6-7-15(16(12-13)21(23)24)17(22)20-10-8-19(9-11-20)14-4-2-1-3-5-14/h1-7,12H,8-11H2. The molecule has 7 heteroatoms. The SMILES string of the molecule is O=C(c1ccc(Br)cc1[N+](=O)[O-])N1CCN(c2ccccc2)CC1. The molecule has 0 saturated carbocycles. The van der Waals surface area contributed by atoms with Crippen molar-refractivity contribution in [3.05, 3.63) is 68.7 Å². The second-order valence-electron chi connectivity index (χ2n) is 5.53. The van der Waals surface area contributed by atoms with Crippen LogP contribution in [0, 0.1) is 10.1 Å². The van der Waals surface area contributed by atoms with Crippen LogP contribution in [0.1, 0.15) is 10.4 Å². The minimum absolute atomic E-state index is 0.136. The molecule has 0 N–H and O–H groups in total. The maximum atomic E-state index is 12.7. The van der Waals surface area contributed by atoms with Gasteiger partial charge in [0, 0.05) is 42.4 Å². The molecule has 1 amide bonds. The fourth-order valence-corrected chi connectivity index (χ4v) is 3.16. The zero-order chi connectivity index (χ0) is 17.1. The van der Waals surface area contributed by atoms with Crippen LogP contribution in [0.15, 0.2) is 53.0 Å². The molecule has 0 bridgehead atoms. The van der Waals surface area contributed by atoms with E-state index in [1.807, 2.05) is 30.3 Å². The molecule has 6 nitrogen and oxygen atoms in total. The Hall–Kier alpha value is -2.41. The highest BCUT2D eigenvalue weighted by Crippen LogP contribution is 2.25. The van der Waals surface area contributed by atoms with Crippen LogP contribution in [0.5, 0.6) is 0 Å². The smallest absolute Gasteiger partial charge is 0.283 e. The lowest BCUT2D eigenvalue weighted by Crippen LogP contribution is -2.48. The van der Waals surface area contributed by atoms with Crippen molar-refractivity contribution in [2.75, 3.05) is 31.1 Å². The lowest BCUT2D eigenvalue weighted by atomic mass is 10.1. The fraction of sp³-hybridized carbons (Fsp3) is 0.235.